The highest BCUT2D eigenvalue weighted by Crippen LogP contribution is 2.58. The fourth-order valence-electron chi connectivity index (χ4n) is 5.01. The van der Waals surface area contributed by atoms with E-state index in [1.165, 1.54) is 27.8 Å². The van der Waals surface area contributed by atoms with Crippen molar-refractivity contribution < 1.29 is 0 Å². The molecule has 2 aliphatic carbocycles. The first-order chi connectivity index (χ1) is 12.2. The van der Waals surface area contributed by atoms with Crippen LogP contribution in [0, 0.1) is 5.41 Å². The SMILES string of the molecule is C=CCCC(C)(C1=C(C)C=CC1)C1c2ccccc2-c2ccccc21. The van der Waals surface area contributed by atoms with Crippen molar-refractivity contribution in [2.24, 2.45) is 5.41 Å². The van der Waals surface area contributed by atoms with Gasteiger partial charge in [-0.1, -0.05) is 84.8 Å². The standard InChI is InChI=1S/C25H26/c1-4-5-17-25(3,23-16-10-11-18(23)2)24-21-14-8-6-12-19(21)20-13-7-9-15-22(20)24/h4,6-15,24H,1,5,16-17H2,2-3H3. The highest BCUT2D eigenvalue weighted by molar-refractivity contribution is 5.79. The number of rotatable bonds is 5. The van der Waals surface area contributed by atoms with E-state index in [0.29, 0.717) is 5.92 Å². The number of hydrogen-bond acceptors (Lipinski definition) is 0. The van der Waals surface area contributed by atoms with Gasteiger partial charge in [0.05, 0.1) is 0 Å². The van der Waals surface area contributed by atoms with E-state index in [0.717, 1.165) is 19.3 Å². The van der Waals surface area contributed by atoms with Gasteiger partial charge in [0, 0.05) is 11.3 Å². The second-order valence-corrected chi connectivity index (χ2v) is 7.62. The third-order valence-corrected chi connectivity index (χ3v) is 6.19. The average molecular weight is 326 g/mol. The molecule has 0 saturated carbocycles. The lowest BCUT2D eigenvalue weighted by Crippen LogP contribution is -2.28. The molecule has 0 aromatic heterocycles. The van der Waals surface area contributed by atoms with Crippen LogP contribution >= 0.6 is 0 Å². The van der Waals surface area contributed by atoms with Gasteiger partial charge in [0.15, 0.2) is 0 Å². The molecule has 0 heterocycles. The minimum atomic E-state index is 0.116. The molecule has 0 heteroatoms. The lowest BCUT2D eigenvalue weighted by atomic mass is 9.64. The molecule has 0 aliphatic heterocycles. The maximum absolute atomic E-state index is 3.99. The molecule has 0 saturated heterocycles. The van der Waals surface area contributed by atoms with Gasteiger partial charge >= 0.3 is 0 Å². The Morgan fingerprint density at radius 3 is 2.16 bits per heavy atom. The van der Waals surface area contributed by atoms with Crippen LogP contribution in [0.2, 0.25) is 0 Å². The van der Waals surface area contributed by atoms with Crippen molar-refractivity contribution in [1.82, 2.24) is 0 Å². The summed E-state index contributed by atoms with van der Waals surface area (Å²) in [6, 6.07) is 18.0. The van der Waals surface area contributed by atoms with Gasteiger partial charge in [-0.25, -0.2) is 0 Å². The van der Waals surface area contributed by atoms with Gasteiger partial charge in [0.1, 0.15) is 0 Å². The molecule has 0 amide bonds. The molecule has 0 radical (unpaired) electrons. The van der Waals surface area contributed by atoms with Crippen molar-refractivity contribution in [2.45, 2.75) is 39.0 Å². The Morgan fingerprint density at radius 2 is 1.64 bits per heavy atom. The first-order valence-corrected chi connectivity index (χ1v) is 9.32. The highest BCUT2D eigenvalue weighted by Gasteiger charge is 2.44. The second-order valence-electron chi connectivity index (χ2n) is 7.62. The van der Waals surface area contributed by atoms with E-state index in [4.69, 9.17) is 0 Å². The van der Waals surface area contributed by atoms with E-state index in [-0.39, 0.29) is 5.41 Å². The van der Waals surface area contributed by atoms with Crippen molar-refractivity contribution in [1.29, 1.82) is 0 Å². The lowest BCUT2D eigenvalue weighted by molar-refractivity contribution is 0.319. The third kappa shape index (κ3) is 2.43. The number of allylic oxidation sites excluding steroid dienone is 5. The van der Waals surface area contributed by atoms with Crippen LogP contribution in [0.25, 0.3) is 11.1 Å². The summed E-state index contributed by atoms with van der Waals surface area (Å²) < 4.78 is 0. The van der Waals surface area contributed by atoms with Crippen LogP contribution in [0.1, 0.15) is 50.2 Å². The predicted molar refractivity (Wildman–Crippen MR) is 108 cm³/mol. The summed E-state index contributed by atoms with van der Waals surface area (Å²) >= 11 is 0. The minimum Gasteiger partial charge on any atom is -0.103 e. The van der Waals surface area contributed by atoms with E-state index in [1.54, 1.807) is 5.57 Å². The molecule has 4 rings (SSSR count). The summed E-state index contributed by atoms with van der Waals surface area (Å²) in [7, 11) is 0. The Balaban J connectivity index is 1.93. The molecule has 2 aromatic rings. The molecule has 0 spiro atoms. The first-order valence-electron chi connectivity index (χ1n) is 9.32. The van der Waals surface area contributed by atoms with Gasteiger partial charge in [-0.15, -0.1) is 6.58 Å². The normalized spacial score (nSPS) is 18.2. The monoisotopic (exact) mass is 326 g/mol. The van der Waals surface area contributed by atoms with Crippen LogP contribution in [-0.4, -0.2) is 0 Å². The van der Waals surface area contributed by atoms with Crippen molar-refractivity contribution in [3.8, 4) is 11.1 Å². The molecule has 1 atom stereocenters. The van der Waals surface area contributed by atoms with Gasteiger partial charge in [-0.05, 0) is 48.4 Å². The van der Waals surface area contributed by atoms with Crippen LogP contribution in [-0.2, 0) is 0 Å². The fraction of sp³-hybridized carbons (Fsp3) is 0.280. The smallest absolute Gasteiger partial charge is 0.0193 e. The Labute approximate surface area is 151 Å². The molecular formula is C25H26. The van der Waals surface area contributed by atoms with Crippen LogP contribution in [0.5, 0.6) is 0 Å². The van der Waals surface area contributed by atoms with Crippen molar-refractivity contribution in [2.75, 3.05) is 0 Å². The lowest BCUT2D eigenvalue weighted by Gasteiger charge is -2.39. The average Bonchev–Trinajstić information content (AvgIpc) is 3.22. The van der Waals surface area contributed by atoms with Crippen molar-refractivity contribution >= 4 is 0 Å². The molecule has 2 aliphatic rings. The highest BCUT2D eigenvalue weighted by atomic mass is 14.5. The molecule has 0 bridgehead atoms. The first kappa shape index (κ1) is 16.1. The topological polar surface area (TPSA) is 0 Å². The zero-order valence-corrected chi connectivity index (χ0v) is 15.3. The van der Waals surface area contributed by atoms with Gasteiger partial charge < -0.3 is 0 Å². The Morgan fingerprint density at radius 1 is 1.04 bits per heavy atom. The summed E-state index contributed by atoms with van der Waals surface area (Å²) in [5.74, 6) is 0.421. The molecule has 0 N–H and O–H groups in total. The maximum atomic E-state index is 3.99. The van der Waals surface area contributed by atoms with Crippen molar-refractivity contribution in [3.63, 3.8) is 0 Å². The van der Waals surface area contributed by atoms with Gasteiger partial charge in [-0.2, -0.15) is 0 Å². The van der Waals surface area contributed by atoms with Crippen LogP contribution in [0.15, 0.2) is 84.5 Å². The van der Waals surface area contributed by atoms with E-state index >= 15 is 0 Å². The largest absolute Gasteiger partial charge is 0.103 e. The molecule has 1 unspecified atom stereocenters. The van der Waals surface area contributed by atoms with E-state index in [2.05, 4.69) is 87.2 Å². The fourth-order valence-corrected chi connectivity index (χ4v) is 5.01. The van der Waals surface area contributed by atoms with Crippen LogP contribution < -0.4 is 0 Å². The Bertz CT molecular complexity index is 835. The summed E-state index contributed by atoms with van der Waals surface area (Å²) in [5.41, 5.74) is 8.98. The number of benzene rings is 2. The molecule has 126 valence electrons. The zero-order valence-electron chi connectivity index (χ0n) is 15.3. The summed E-state index contributed by atoms with van der Waals surface area (Å²) in [6.45, 7) is 8.75. The van der Waals surface area contributed by atoms with Gasteiger partial charge in [0.2, 0.25) is 0 Å². The van der Waals surface area contributed by atoms with Crippen molar-refractivity contribution in [3.05, 3.63) is 95.6 Å². The summed E-state index contributed by atoms with van der Waals surface area (Å²) in [5, 5.41) is 0. The maximum Gasteiger partial charge on any atom is 0.0193 e. The molecule has 2 aromatic carbocycles. The van der Waals surface area contributed by atoms with E-state index < -0.39 is 0 Å². The predicted octanol–water partition coefficient (Wildman–Crippen LogP) is 7.05. The van der Waals surface area contributed by atoms with E-state index in [9.17, 15) is 0 Å². The number of fused-ring (bicyclic) bond motifs is 3. The molecule has 0 nitrogen and oxygen atoms in total. The summed E-state index contributed by atoms with van der Waals surface area (Å²) in [6.07, 6.45) is 9.97. The Hall–Kier alpha value is -2.34. The quantitative estimate of drug-likeness (QED) is 0.516. The van der Waals surface area contributed by atoms with Crippen LogP contribution in [0.3, 0.4) is 0 Å². The minimum absolute atomic E-state index is 0.116. The second kappa shape index (κ2) is 6.19. The molecule has 0 fully saturated rings. The van der Waals surface area contributed by atoms with Crippen LogP contribution in [0.4, 0.5) is 0 Å². The summed E-state index contributed by atoms with van der Waals surface area (Å²) in [4.78, 5) is 0. The van der Waals surface area contributed by atoms with E-state index in [1.807, 2.05) is 0 Å². The molecular weight excluding hydrogens is 300 g/mol. The van der Waals surface area contributed by atoms with Gasteiger partial charge in [0.25, 0.3) is 0 Å². The molecule has 25 heavy (non-hydrogen) atoms. The third-order valence-electron chi connectivity index (χ3n) is 6.19. The zero-order chi connectivity index (χ0) is 17.4. The Kier molecular flexibility index (Phi) is 4.00. The number of hydrogen-bond donors (Lipinski definition) is 0. The van der Waals surface area contributed by atoms with Gasteiger partial charge in [-0.3, -0.25) is 0 Å².